The first kappa shape index (κ1) is 17.4. The Bertz CT molecular complexity index is 1200. The summed E-state index contributed by atoms with van der Waals surface area (Å²) in [6.07, 6.45) is 4.99. The first-order valence-electron chi connectivity index (χ1n) is 9.26. The third-order valence-corrected chi connectivity index (χ3v) is 5.13. The van der Waals surface area contributed by atoms with Crippen LogP contribution in [0, 0.1) is 19.7 Å². The SMILES string of the molecule is Cc1ncc(/C=C2\C(=O)Nc3c(F)cc(-c4cnc5c(c4)NCCO5)c(C)c32)[nH]1. The van der Waals surface area contributed by atoms with Crippen LogP contribution in [0.3, 0.4) is 0 Å². The summed E-state index contributed by atoms with van der Waals surface area (Å²) in [5.74, 6) is 0.443. The number of rotatable bonds is 2. The topological polar surface area (TPSA) is 91.9 Å². The quantitative estimate of drug-likeness (QED) is 0.582. The van der Waals surface area contributed by atoms with Gasteiger partial charge in [-0.25, -0.2) is 14.4 Å². The summed E-state index contributed by atoms with van der Waals surface area (Å²) in [6.45, 7) is 4.95. The lowest BCUT2D eigenvalue weighted by molar-refractivity contribution is -0.110. The summed E-state index contributed by atoms with van der Waals surface area (Å²) in [5.41, 5.74) is 4.82. The van der Waals surface area contributed by atoms with Gasteiger partial charge in [0.25, 0.3) is 5.91 Å². The molecule has 2 aromatic heterocycles. The average molecular weight is 391 g/mol. The second-order valence-corrected chi connectivity index (χ2v) is 7.07. The maximum atomic E-state index is 14.9. The molecule has 29 heavy (non-hydrogen) atoms. The number of hydrogen-bond acceptors (Lipinski definition) is 5. The van der Waals surface area contributed by atoms with Gasteiger partial charge < -0.3 is 20.4 Å². The minimum Gasteiger partial charge on any atom is -0.474 e. The lowest BCUT2D eigenvalue weighted by atomic mass is 9.92. The van der Waals surface area contributed by atoms with Gasteiger partial charge >= 0.3 is 0 Å². The fourth-order valence-corrected chi connectivity index (χ4v) is 3.78. The largest absolute Gasteiger partial charge is 0.474 e. The highest BCUT2D eigenvalue weighted by Crippen LogP contribution is 2.42. The number of ether oxygens (including phenoxy) is 1. The van der Waals surface area contributed by atoms with Crippen molar-refractivity contribution in [3.8, 4) is 17.0 Å². The average Bonchev–Trinajstić information content (AvgIpc) is 3.28. The molecule has 2 aliphatic heterocycles. The van der Waals surface area contributed by atoms with E-state index in [4.69, 9.17) is 4.74 Å². The van der Waals surface area contributed by atoms with Gasteiger partial charge in [0.05, 0.1) is 28.8 Å². The molecular weight excluding hydrogens is 373 g/mol. The number of imidazole rings is 1. The van der Waals surface area contributed by atoms with Gasteiger partial charge in [0.2, 0.25) is 5.88 Å². The van der Waals surface area contributed by atoms with Gasteiger partial charge in [-0.05, 0) is 43.2 Å². The Kier molecular flexibility index (Phi) is 3.87. The number of pyridine rings is 1. The van der Waals surface area contributed by atoms with Gasteiger partial charge in [0.1, 0.15) is 18.2 Å². The van der Waals surface area contributed by atoms with Crippen molar-refractivity contribution < 1.29 is 13.9 Å². The number of H-pyrrole nitrogens is 1. The van der Waals surface area contributed by atoms with Crippen molar-refractivity contribution in [2.75, 3.05) is 23.8 Å². The maximum Gasteiger partial charge on any atom is 0.256 e. The van der Waals surface area contributed by atoms with Gasteiger partial charge in [0.15, 0.2) is 0 Å². The third-order valence-electron chi connectivity index (χ3n) is 5.13. The number of benzene rings is 1. The van der Waals surface area contributed by atoms with Crippen LogP contribution in [0.1, 0.15) is 22.6 Å². The van der Waals surface area contributed by atoms with E-state index in [0.29, 0.717) is 41.4 Å². The molecule has 8 heteroatoms. The molecule has 3 aromatic rings. The highest BCUT2D eigenvalue weighted by molar-refractivity contribution is 6.35. The minimum absolute atomic E-state index is 0.200. The van der Waals surface area contributed by atoms with Gasteiger partial charge in [-0.2, -0.15) is 0 Å². The molecule has 5 rings (SSSR count). The molecule has 0 saturated carbocycles. The monoisotopic (exact) mass is 391 g/mol. The Balaban J connectivity index is 1.67. The number of aromatic nitrogens is 3. The maximum absolute atomic E-state index is 14.9. The van der Waals surface area contributed by atoms with Gasteiger partial charge in [-0.15, -0.1) is 0 Å². The molecule has 0 fully saturated rings. The fourth-order valence-electron chi connectivity index (χ4n) is 3.78. The number of fused-ring (bicyclic) bond motifs is 2. The molecule has 2 aliphatic rings. The number of nitrogens with zero attached hydrogens (tertiary/aromatic N) is 2. The van der Waals surface area contributed by atoms with E-state index < -0.39 is 5.82 Å². The predicted molar refractivity (Wildman–Crippen MR) is 108 cm³/mol. The molecule has 0 radical (unpaired) electrons. The van der Waals surface area contributed by atoms with E-state index >= 15 is 0 Å². The Morgan fingerprint density at radius 1 is 1.21 bits per heavy atom. The lowest BCUT2D eigenvalue weighted by Gasteiger charge is -2.19. The number of aryl methyl sites for hydroxylation is 1. The van der Waals surface area contributed by atoms with Crippen LogP contribution in [0.5, 0.6) is 5.88 Å². The van der Waals surface area contributed by atoms with Crippen LogP contribution in [0.15, 0.2) is 24.5 Å². The first-order valence-corrected chi connectivity index (χ1v) is 9.26. The molecule has 1 amide bonds. The number of nitrogens with one attached hydrogen (secondary N) is 3. The highest BCUT2D eigenvalue weighted by Gasteiger charge is 2.31. The molecule has 1 aromatic carbocycles. The Morgan fingerprint density at radius 3 is 2.86 bits per heavy atom. The number of halogens is 1. The van der Waals surface area contributed by atoms with Crippen molar-refractivity contribution in [1.29, 1.82) is 0 Å². The molecule has 7 nitrogen and oxygen atoms in total. The van der Waals surface area contributed by atoms with E-state index in [1.807, 2.05) is 19.9 Å². The molecule has 0 unspecified atom stereocenters. The van der Waals surface area contributed by atoms with E-state index in [9.17, 15) is 9.18 Å². The van der Waals surface area contributed by atoms with Crippen LogP contribution in [-0.2, 0) is 4.79 Å². The van der Waals surface area contributed by atoms with Gasteiger partial charge in [-0.1, -0.05) is 0 Å². The molecular formula is C21H18FN5O2. The van der Waals surface area contributed by atoms with Gasteiger partial charge in [0, 0.05) is 23.9 Å². The van der Waals surface area contributed by atoms with E-state index in [1.165, 1.54) is 6.07 Å². The Hall–Kier alpha value is -3.68. The van der Waals surface area contributed by atoms with Crippen LogP contribution in [0.25, 0.3) is 22.8 Å². The smallest absolute Gasteiger partial charge is 0.256 e. The van der Waals surface area contributed by atoms with E-state index in [-0.39, 0.29) is 11.6 Å². The van der Waals surface area contributed by atoms with E-state index in [1.54, 1.807) is 18.5 Å². The molecule has 0 aliphatic carbocycles. The number of hydrogen-bond donors (Lipinski definition) is 3. The van der Waals surface area contributed by atoms with E-state index in [2.05, 4.69) is 25.6 Å². The number of carbonyl (C=O) groups excluding carboxylic acids is 1. The van der Waals surface area contributed by atoms with Gasteiger partial charge in [-0.3, -0.25) is 4.79 Å². The zero-order valence-electron chi connectivity index (χ0n) is 15.9. The number of amides is 1. The Morgan fingerprint density at radius 2 is 2.07 bits per heavy atom. The van der Waals surface area contributed by atoms with Crippen LogP contribution < -0.4 is 15.4 Å². The molecule has 0 bridgehead atoms. The first-order chi connectivity index (χ1) is 14.0. The Labute approximate surface area is 166 Å². The predicted octanol–water partition coefficient (Wildman–Crippen LogP) is 3.52. The zero-order valence-corrected chi connectivity index (χ0v) is 15.9. The molecule has 0 atom stereocenters. The fraction of sp³-hybridized carbons (Fsp3) is 0.190. The summed E-state index contributed by atoms with van der Waals surface area (Å²) >= 11 is 0. The van der Waals surface area contributed by atoms with Crippen molar-refractivity contribution in [2.45, 2.75) is 13.8 Å². The van der Waals surface area contributed by atoms with Crippen molar-refractivity contribution in [3.05, 3.63) is 53.0 Å². The van der Waals surface area contributed by atoms with Crippen molar-refractivity contribution >= 4 is 28.9 Å². The van der Waals surface area contributed by atoms with Crippen LogP contribution in [-0.4, -0.2) is 34.0 Å². The zero-order chi connectivity index (χ0) is 20.1. The van der Waals surface area contributed by atoms with Crippen molar-refractivity contribution in [3.63, 3.8) is 0 Å². The number of carbonyl (C=O) groups is 1. The minimum atomic E-state index is -0.486. The molecule has 3 N–H and O–H groups in total. The van der Waals surface area contributed by atoms with Crippen LogP contribution in [0.2, 0.25) is 0 Å². The normalized spacial score (nSPS) is 16.1. The highest BCUT2D eigenvalue weighted by atomic mass is 19.1. The number of anilines is 2. The standard InChI is InChI=1S/C21H18FN5O2/c1-10-14(12-5-17-21(25-8-12)29-4-3-23-17)7-16(22)19-18(10)15(20(28)27-19)6-13-9-24-11(2)26-13/h5-9,23H,3-4H2,1-2H3,(H,24,26)(H,27,28)/b15-6-. The lowest BCUT2D eigenvalue weighted by Crippen LogP contribution is -2.18. The summed E-state index contributed by atoms with van der Waals surface area (Å²) in [5, 5.41) is 5.89. The van der Waals surface area contributed by atoms with Crippen LogP contribution >= 0.6 is 0 Å². The summed E-state index contributed by atoms with van der Waals surface area (Å²) < 4.78 is 20.4. The molecule has 146 valence electrons. The van der Waals surface area contributed by atoms with Crippen molar-refractivity contribution in [1.82, 2.24) is 15.0 Å². The summed E-state index contributed by atoms with van der Waals surface area (Å²) in [7, 11) is 0. The number of aromatic amines is 1. The van der Waals surface area contributed by atoms with Crippen molar-refractivity contribution in [2.24, 2.45) is 0 Å². The molecule has 4 heterocycles. The molecule has 0 spiro atoms. The third kappa shape index (κ3) is 2.84. The summed E-state index contributed by atoms with van der Waals surface area (Å²) in [4.78, 5) is 24.1. The van der Waals surface area contributed by atoms with Crippen LogP contribution in [0.4, 0.5) is 15.8 Å². The second-order valence-electron chi connectivity index (χ2n) is 7.07. The second kappa shape index (κ2) is 6.44. The molecule has 0 saturated heterocycles. The summed E-state index contributed by atoms with van der Waals surface area (Å²) in [6, 6.07) is 3.33. The van der Waals surface area contributed by atoms with E-state index in [0.717, 1.165) is 22.6 Å².